The molecule has 2 atom stereocenters. The van der Waals surface area contributed by atoms with Crippen molar-refractivity contribution >= 4 is 28.5 Å². The Morgan fingerprint density at radius 1 is 1.09 bits per heavy atom. The van der Waals surface area contributed by atoms with Crippen LogP contribution in [0.25, 0.3) is 4.91 Å². The van der Waals surface area contributed by atoms with Gasteiger partial charge >= 0.3 is 5.97 Å². The molecule has 2 aromatic rings. The van der Waals surface area contributed by atoms with Crippen LogP contribution in [0.3, 0.4) is 0 Å². The van der Waals surface area contributed by atoms with Crippen molar-refractivity contribution in [1.82, 2.24) is 9.80 Å². The van der Waals surface area contributed by atoms with Gasteiger partial charge in [-0.1, -0.05) is 42.5 Å². The Hall–Kier alpha value is -2.77. The third kappa shape index (κ3) is 5.53. The molecule has 1 aliphatic rings. The molecule has 32 heavy (non-hydrogen) atoms. The van der Waals surface area contributed by atoms with E-state index in [1.165, 1.54) is 6.92 Å². The number of esters is 1. The van der Waals surface area contributed by atoms with Gasteiger partial charge in [0, 0.05) is 30.6 Å². The van der Waals surface area contributed by atoms with Gasteiger partial charge in [0.15, 0.2) is 6.10 Å². The van der Waals surface area contributed by atoms with Crippen molar-refractivity contribution < 1.29 is 19.1 Å². The zero-order valence-electron chi connectivity index (χ0n) is 19.2. The lowest BCUT2D eigenvalue weighted by molar-refractivity contribution is -0.157. The number of amides is 1. The maximum atomic E-state index is 13.7. The van der Waals surface area contributed by atoms with Crippen LogP contribution < -0.4 is 4.74 Å². The highest BCUT2D eigenvalue weighted by molar-refractivity contribution is 8.08. The van der Waals surface area contributed by atoms with Crippen LogP contribution in [-0.2, 0) is 14.3 Å². The molecule has 0 fully saturated rings. The van der Waals surface area contributed by atoms with Crippen molar-refractivity contribution in [1.29, 1.82) is 0 Å². The van der Waals surface area contributed by atoms with Crippen LogP contribution in [0.15, 0.2) is 60.3 Å². The molecule has 0 N–H and O–H groups in total. The van der Waals surface area contributed by atoms with Gasteiger partial charge in [-0.15, -0.1) is 11.8 Å². The fourth-order valence-electron chi connectivity index (χ4n) is 3.62. The first-order chi connectivity index (χ1) is 15.3. The highest BCUT2D eigenvalue weighted by atomic mass is 32.2. The Kier molecular flexibility index (Phi) is 7.99. The minimum absolute atomic E-state index is 0.209. The second-order valence-electron chi connectivity index (χ2n) is 7.92. The van der Waals surface area contributed by atoms with E-state index in [-0.39, 0.29) is 5.91 Å². The molecule has 170 valence electrons. The summed E-state index contributed by atoms with van der Waals surface area (Å²) >= 11 is 1.56. The van der Waals surface area contributed by atoms with Gasteiger partial charge in [-0.25, -0.2) is 0 Å². The van der Waals surface area contributed by atoms with Gasteiger partial charge in [-0.05, 0) is 44.3 Å². The highest BCUT2D eigenvalue weighted by Gasteiger charge is 2.41. The molecule has 0 spiro atoms. The molecule has 1 amide bonds. The molecule has 2 aromatic carbocycles. The number of carbonyl (C=O) groups excluding carboxylic acids is 2. The number of hydrogen-bond donors (Lipinski definition) is 0. The molecule has 0 saturated carbocycles. The summed E-state index contributed by atoms with van der Waals surface area (Å²) in [6, 6.07) is 17.6. The average Bonchev–Trinajstić information content (AvgIpc) is 2.88. The number of hydrogen-bond acceptors (Lipinski definition) is 6. The first-order valence-electron chi connectivity index (χ1n) is 10.5. The van der Waals surface area contributed by atoms with Gasteiger partial charge in [-0.3, -0.25) is 9.59 Å². The van der Waals surface area contributed by atoms with Crippen LogP contribution in [0.2, 0.25) is 0 Å². The van der Waals surface area contributed by atoms with Crippen LogP contribution in [-0.4, -0.2) is 62.1 Å². The molecule has 0 radical (unpaired) electrons. The summed E-state index contributed by atoms with van der Waals surface area (Å²) in [6.45, 7) is 4.50. The van der Waals surface area contributed by atoms with Crippen molar-refractivity contribution in [3.05, 3.63) is 71.4 Å². The molecule has 7 heteroatoms. The lowest BCUT2D eigenvalue weighted by Crippen LogP contribution is -2.43. The Balaban J connectivity index is 2.13. The number of allylic oxidation sites excluding steroid dienone is 1. The fraction of sp³-hybridized carbons (Fsp3) is 0.360. The molecule has 0 aromatic heterocycles. The molecule has 3 rings (SSSR count). The SMILES string of the molecule is COc1ccc([C@@H]2SC(c3ccccc3)=C(C)N(CCN(C)C)C(=O)[C@@H]2OC(C)=O)cc1. The van der Waals surface area contributed by atoms with E-state index in [9.17, 15) is 9.59 Å². The number of ether oxygens (including phenoxy) is 2. The van der Waals surface area contributed by atoms with E-state index in [0.717, 1.165) is 27.5 Å². The Morgan fingerprint density at radius 3 is 2.31 bits per heavy atom. The summed E-state index contributed by atoms with van der Waals surface area (Å²) < 4.78 is 10.9. The van der Waals surface area contributed by atoms with Crippen molar-refractivity contribution in [2.75, 3.05) is 34.3 Å². The Morgan fingerprint density at radius 2 is 1.75 bits per heavy atom. The number of thioether (sulfide) groups is 1. The summed E-state index contributed by atoms with van der Waals surface area (Å²) in [5, 5.41) is -0.396. The van der Waals surface area contributed by atoms with Gasteiger partial charge in [-0.2, -0.15) is 0 Å². The minimum atomic E-state index is -0.941. The monoisotopic (exact) mass is 454 g/mol. The molecule has 0 bridgehead atoms. The Labute approximate surface area is 194 Å². The van der Waals surface area contributed by atoms with E-state index in [2.05, 4.69) is 0 Å². The first-order valence-corrected chi connectivity index (χ1v) is 11.4. The van der Waals surface area contributed by atoms with Crippen molar-refractivity contribution in [3.8, 4) is 5.75 Å². The Bertz CT molecular complexity index is 973. The van der Waals surface area contributed by atoms with Gasteiger partial charge in [0.25, 0.3) is 5.91 Å². The summed E-state index contributed by atoms with van der Waals surface area (Å²) in [4.78, 5) is 30.5. The van der Waals surface area contributed by atoms with Gasteiger partial charge in [0.2, 0.25) is 0 Å². The lowest BCUT2D eigenvalue weighted by atomic mass is 10.1. The quantitative estimate of drug-likeness (QED) is 0.585. The van der Waals surface area contributed by atoms with E-state index in [0.29, 0.717) is 13.1 Å². The molecule has 1 aliphatic heterocycles. The zero-order valence-corrected chi connectivity index (χ0v) is 20.0. The number of methoxy groups -OCH3 is 1. The topological polar surface area (TPSA) is 59.1 Å². The minimum Gasteiger partial charge on any atom is -0.497 e. The van der Waals surface area contributed by atoms with E-state index < -0.39 is 17.3 Å². The van der Waals surface area contributed by atoms with E-state index in [1.807, 2.05) is 80.5 Å². The van der Waals surface area contributed by atoms with Gasteiger partial charge < -0.3 is 19.3 Å². The molecular formula is C25H30N2O4S. The van der Waals surface area contributed by atoms with Crippen molar-refractivity contribution in [2.45, 2.75) is 25.2 Å². The summed E-state index contributed by atoms with van der Waals surface area (Å²) in [6.07, 6.45) is -0.941. The molecular weight excluding hydrogens is 424 g/mol. The van der Waals surface area contributed by atoms with Crippen LogP contribution in [0.4, 0.5) is 0 Å². The molecule has 0 saturated heterocycles. The van der Waals surface area contributed by atoms with Crippen LogP contribution >= 0.6 is 11.8 Å². The van der Waals surface area contributed by atoms with E-state index in [1.54, 1.807) is 23.8 Å². The standard InChI is InChI=1S/C25H30N2O4S/c1-17-23(19-9-7-6-8-10-19)32-24(20-11-13-21(30-5)14-12-20)22(31-18(2)28)25(29)27(17)16-15-26(3)4/h6-14,22,24H,15-16H2,1-5H3/t22-,24+/m1/s1. The summed E-state index contributed by atoms with van der Waals surface area (Å²) in [5.74, 6) is 0.0417. The number of nitrogens with zero attached hydrogens (tertiary/aromatic N) is 2. The maximum Gasteiger partial charge on any atom is 0.303 e. The van der Waals surface area contributed by atoms with Crippen LogP contribution in [0.1, 0.15) is 30.2 Å². The van der Waals surface area contributed by atoms with Crippen LogP contribution in [0.5, 0.6) is 5.75 Å². The molecule has 0 aliphatic carbocycles. The normalized spacial score (nSPS) is 19.2. The number of carbonyl (C=O) groups is 2. The fourth-order valence-corrected chi connectivity index (χ4v) is 5.01. The maximum absolute atomic E-state index is 13.7. The van der Waals surface area contributed by atoms with Crippen LogP contribution in [0, 0.1) is 0 Å². The predicted molar refractivity (Wildman–Crippen MR) is 128 cm³/mol. The highest BCUT2D eigenvalue weighted by Crippen LogP contribution is 2.48. The molecule has 1 heterocycles. The lowest BCUT2D eigenvalue weighted by Gasteiger charge is -2.29. The largest absolute Gasteiger partial charge is 0.497 e. The molecule has 0 unspecified atom stereocenters. The third-order valence-corrected chi connectivity index (χ3v) is 6.85. The zero-order chi connectivity index (χ0) is 23.3. The van der Waals surface area contributed by atoms with Gasteiger partial charge in [0.05, 0.1) is 12.4 Å². The van der Waals surface area contributed by atoms with Crippen molar-refractivity contribution in [3.63, 3.8) is 0 Å². The number of benzene rings is 2. The van der Waals surface area contributed by atoms with E-state index >= 15 is 0 Å². The predicted octanol–water partition coefficient (Wildman–Crippen LogP) is 4.19. The summed E-state index contributed by atoms with van der Waals surface area (Å²) in [5.41, 5.74) is 2.78. The number of likely N-dealkylation sites (N-methyl/N-ethyl adjacent to an activating group) is 1. The average molecular weight is 455 g/mol. The molecule has 6 nitrogen and oxygen atoms in total. The van der Waals surface area contributed by atoms with Gasteiger partial charge in [0.1, 0.15) is 5.75 Å². The smallest absolute Gasteiger partial charge is 0.303 e. The second kappa shape index (κ2) is 10.7. The van der Waals surface area contributed by atoms with E-state index in [4.69, 9.17) is 9.47 Å². The third-order valence-electron chi connectivity index (χ3n) is 5.31. The first kappa shape index (κ1) is 23.9. The summed E-state index contributed by atoms with van der Waals surface area (Å²) in [7, 11) is 5.55. The second-order valence-corrected chi connectivity index (χ2v) is 9.07. The van der Waals surface area contributed by atoms with Crippen molar-refractivity contribution in [2.24, 2.45) is 0 Å². The number of rotatable bonds is 7.